The normalized spacial score (nSPS) is 21.8. The van der Waals surface area contributed by atoms with Gasteiger partial charge in [0.05, 0.1) is 27.7 Å². The Labute approximate surface area is 182 Å². The maximum absolute atomic E-state index is 13.2. The number of aryl methyl sites for hydroxylation is 1. The Hall–Kier alpha value is -2.24. The molecule has 3 atom stereocenters. The average molecular weight is 470 g/mol. The van der Waals surface area contributed by atoms with Gasteiger partial charge < -0.3 is 15.2 Å². The van der Waals surface area contributed by atoms with Crippen LogP contribution in [0.15, 0.2) is 39.8 Å². The molecule has 1 aromatic carbocycles. The van der Waals surface area contributed by atoms with E-state index in [2.05, 4.69) is 15.8 Å². The molecular formula is C20H27N3O6S2. The molecule has 0 bridgehead atoms. The number of carbonyl (C=O) groups excluding carboxylic acids is 1. The van der Waals surface area contributed by atoms with Crippen LogP contribution in [0.1, 0.15) is 38.0 Å². The third-order valence-corrected chi connectivity index (χ3v) is 9.48. The summed E-state index contributed by atoms with van der Waals surface area (Å²) in [7, 11) is -7.51. The van der Waals surface area contributed by atoms with Gasteiger partial charge in [0.2, 0.25) is 5.91 Å². The van der Waals surface area contributed by atoms with Crippen molar-refractivity contribution in [2.24, 2.45) is 0 Å². The van der Waals surface area contributed by atoms with Gasteiger partial charge in [-0.25, -0.2) is 16.8 Å². The van der Waals surface area contributed by atoms with E-state index in [4.69, 9.17) is 4.52 Å². The zero-order valence-corrected chi connectivity index (χ0v) is 19.5. The van der Waals surface area contributed by atoms with Crippen molar-refractivity contribution < 1.29 is 26.2 Å². The Balaban J connectivity index is 1.79. The van der Waals surface area contributed by atoms with E-state index < -0.39 is 48.7 Å². The second-order valence-electron chi connectivity index (χ2n) is 8.19. The summed E-state index contributed by atoms with van der Waals surface area (Å²) in [6, 6.07) is 6.26. The van der Waals surface area contributed by atoms with Gasteiger partial charge in [-0.2, -0.15) is 0 Å². The van der Waals surface area contributed by atoms with Crippen molar-refractivity contribution in [1.29, 1.82) is 0 Å². The Morgan fingerprint density at radius 3 is 2.35 bits per heavy atom. The number of sulfone groups is 2. The van der Waals surface area contributed by atoms with E-state index >= 15 is 0 Å². The Bertz CT molecular complexity index is 1150. The number of aromatic nitrogens is 1. The van der Waals surface area contributed by atoms with Gasteiger partial charge in [-0.15, -0.1) is 0 Å². The van der Waals surface area contributed by atoms with Crippen molar-refractivity contribution in [2.75, 3.05) is 16.8 Å². The Morgan fingerprint density at radius 2 is 1.81 bits per heavy atom. The minimum Gasteiger partial charge on any atom is -0.360 e. The molecule has 31 heavy (non-hydrogen) atoms. The first-order chi connectivity index (χ1) is 14.4. The molecule has 0 spiro atoms. The number of benzene rings is 1. The van der Waals surface area contributed by atoms with Crippen LogP contribution >= 0.6 is 0 Å². The summed E-state index contributed by atoms with van der Waals surface area (Å²) in [6.07, 6.45) is 0. The molecule has 0 radical (unpaired) electrons. The fourth-order valence-corrected chi connectivity index (χ4v) is 8.23. The molecule has 1 amide bonds. The second kappa shape index (κ2) is 8.71. The number of anilines is 1. The molecule has 1 aliphatic heterocycles. The summed E-state index contributed by atoms with van der Waals surface area (Å²) < 4.78 is 55.9. The van der Waals surface area contributed by atoms with Gasteiger partial charge in [-0.3, -0.25) is 4.79 Å². The van der Waals surface area contributed by atoms with Crippen LogP contribution in [0.3, 0.4) is 0 Å². The highest BCUT2D eigenvalue weighted by Crippen LogP contribution is 2.27. The van der Waals surface area contributed by atoms with Gasteiger partial charge in [0.15, 0.2) is 25.5 Å². The molecule has 1 aliphatic rings. The van der Waals surface area contributed by atoms with Crippen LogP contribution in [-0.2, 0) is 24.5 Å². The first kappa shape index (κ1) is 23.4. The minimum absolute atomic E-state index is 0.0703. The standard InChI is InChI=1S/C20H27N3O6S2/c1-12(2)15-5-7-16(8-6-15)31(27,28)18-11-30(25,26)10-17(18)21-14(4)20(24)22-19-9-13(3)29-23-19/h5-9,12,14,17-18,21H,10-11H2,1-4H3,(H,22,23,24)/t14-,17-,18-/m0/s1. The van der Waals surface area contributed by atoms with Crippen LogP contribution in [0.2, 0.25) is 0 Å². The summed E-state index contributed by atoms with van der Waals surface area (Å²) in [6.45, 7) is 7.21. The predicted molar refractivity (Wildman–Crippen MR) is 116 cm³/mol. The Morgan fingerprint density at radius 1 is 1.16 bits per heavy atom. The van der Waals surface area contributed by atoms with Crippen molar-refractivity contribution >= 4 is 31.4 Å². The molecule has 2 N–H and O–H groups in total. The van der Waals surface area contributed by atoms with Gasteiger partial charge in [-0.05, 0) is 37.5 Å². The summed E-state index contributed by atoms with van der Waals surface area (Å²) in [5.74, 6) is -0.338. The number of rotatable bonds is 7. The largest absolute Gasteiger partial charge is 0.360 e. The number of nitrogens with zero attached hydrogens (tertiary/aromatic N) is 1. The SMILES string of the molecule is Cc1cc(NC(=O)[C@H](C)N[C@H]2CS(=O)(=O)C[C@@H]2S(=O)(=O)c2ccc(C(C)C)cc2)no1. The molecule has 0 saturated carbocycles. The average Bonchev–Trinajstić information content (AvgIpc) is 3.23. The summed E-state index contributed by atoms with van der Waals surface area (Å²) in [5, 5.41) is 7.93. The molecule has 0 unspecified atom stereocenters. The number of carbonyl (C=O) groups is 1. The number of hydrogen-bond acceptors (Lipinski definition) is 8. The lowest BCUT2D eigenvalue weighted by Gasteiger charge is -2.23. The van der Waals surface area contributed by atoms with Crippen LogP contribution in [0, 0.1) is 6.92 Å². The van der Waals surface area contributed by atoms with Crippen molar-refractivity contribution in [1.82, 2.24) is 10.5 Å². The highest BCUT2D eigenvalue weighted by molar-refractivity contribution is 7.96. The molecule has 2 aromatic rings. The van der Waals surface area contributed by atoms with Crippen LogP contribution in [0.25, 0.3) is 0 Å². The highest BCUT2D eigenvalue weighted by Gasteiger charge is 2.46. The van der Waals surface area contributed by atoms with Crippen LogP contribution in [0.5, 0.6) is 0 Å². The van der Waals surface area contributed by atoms with Crippen molar-refractivity contribution in [2.45, 2.75) is 55.8 Å². The first-order valence-corrected chi connectivity index (χ1v) is 13.3. The van der Waals surface area contributed by atoms with Gasteiger partial charge in [0.1, 0.15) is 5.76 Å². The molecule has 0 aliphatic carbocycles. The predicted octanol–water partition coefficient (Wildman–Crippen LogP) is 1.66. The lowest BCUT2D eigenvalue weighted by molar-refractivity contribution is -0.118. The topological polar surface area (TPSA) is 135 Å². The first-order valence-electron chi connectivity index (χ1n) is 9.93. The molecule has 3 rings (SSSR count). The number of nitrogens with one attached hydrogen (secondary N) is 2. The van der Waals surface area contributed by atoms with E-state index in [0.29, 0.717) is 5.76 Å². The maximum Gasteiger partial charge on any atom is 0.242 e. The fraction of sp³-hybridized carbons (Fsp3) is 0.500. The maximum atomic E-state index is 13.2. The van der Waals surface area contributed by atoms with Crippen molar-refractivity contribution in [3.05, 3.63) is 41.7 Å². The second-order valence-corrected chi connectivity index (χ2v) is 12.5. The van der Waals surface area contributed by atoms with E-state index in [9.17, 15) is 21.6 Å². The molecule has 9 nitrogen and oxygen atoms in total. The smallest absolute Gasteiger partial charge is 0.242 e. The van der Waals surface area contributed by atoms with Crippen LogP contribution in [-0.4, -0.2) is 56.7 Å². The van der Waals surface area contributed by atoms with Gasteiger partial charge in [-0.1, -0.05) is 31.1 Å². The van der Waals surface area contributed by atoms with Crippen molar-refractivity contribution in [3.8, 4) is 0 Å². The zero-order valence-electron chi connectivity index (χ0n) is 17.8. The van der Waals surface area contributed by atoms with Gasteiger partial charge >= 0.3 is 0 Å². The molecule has 1 saturated heterocycles. The van der Waals surface area contributed by atoms with Crippen LogP contribution in [0.4, 0.5) is 5.82 Å². The molecule has 2 heterocycles. The number of hydrogen-bond donors (Lipinski definition) is 2. The van der Waals surface area contributed by atoms with E-state index in [0.717, 1.165) is 5.56 Å². The molecule has 1 fully saturated rings. The fourth-order valence-electron chi connectivity index (χ4n) is 3.55. The lowest BCUT2D eigenvalue weighted by atomic mass is 10.0. The van der Waals surface area contributed by atoms with Crippen molar-refractivity contribution in [3.63, 3.8) is 0 Å². The molecular weight excluding hydrogens is 442 g/mol. The minimum atomic E-state index is -3.93. The monoisotopic (exact) mass is 469 g/mol. The Kier molecular flexibility index (Phi) is 6.59. The third-order valence-electron chi connectivity index (χ3n) is 5.31. The third kappa shape index (κ3) is 5.34. The lowest BCUT2D eigenvalue weighted by Crippen LogP contribution is -2.50. The van der Waals surface area contributed by atoms with Gasteiger partial charge in [0, 0.05) is 12.1 Å². The molecule has 1 aromatic heterocycles. The molecule has 170 valence electrons. The van der Waals surface area contributed by atoms with E-state index in [1.807, 2.05) is 13.8 Å². The molecule has 11 heteroatoms. The zero-order chi connectivity index (χ0) is 23.0. The number of amides is 1. The van der Waals surface area contributed by atoms with Crippen LogP contribution < -0.4 is 10.6 Å². The highest BCUT2D eigenvalue weighted by atomic mass is 32.2. The van der Waals surface area contributed by atoms with Gasteiger partial charge in [0.25, 0.3) is 0 Å². The van der Waals surface area contributed by atoms with E-state index in [1.54, 1.807) is 25.1 Å². The van der Waals surface area contributed by atoms with E-state index in [-0.39, 0.29) is 22.4 Å². The van der Waals surface area contributed by atoms with E-state index in [1.165, 1.54) is 19.1 Å². The summed E-state index contributed by atoms with van der Waals surface area (Å²) in [4.78, 5) is 12.5. The summed E-state index contributed by atoms with van der Waals surface area (Å²) in [5.41, 5.74) is 0.987. The quantitative estimate of drug-likeness (QED) is 0.625. The summed E-state index contributed by atoms with van der Waals surface area (Å²) >= 11 is 0.